The molecule has 2 amide bonds. The normalized spacial score (nSPS) is 13.6. The lowest BCUT2D eigenvalue weighted by molar-refractivity contribution is -0.124. The van der Waals surface area contributed by atoms with Crippen molar-refractivity contribution in [2.75, 3.05) is 6.54 Å². The maximum absolute atomic E-state index is 12.3. The van der Waals surface area contributed by atoms with Gasteiger partial charge in [-0.15, -0.1) is 0 Å². The Morgan fingerprint density at radius 3 is 2.36 bits per heavy atom. The van der Waals surface area contributed by atoms with Gasteiger partial charge in [-0.3, -0.25) is 9.59 Å². The van der Waals surface area contributed by atoms with E-state index in [-0.39, 0.29) is 29.0 Å². The molecule has 0 aliphatic heterocycles. The van der Waals surface area contributed by atoms with E-state index in [0.717, 1.165) is 0 Å². The van der Waals surface area contributed by atoms with E-state index in [2.05, 4.69) is 10.6 Å². The molecule has 0 aromatic heterocycles. The molecule has 0 spiro atoms. The minimum atomic E-state index is -0.724. The molecule has 3 N–H and O–H groups in total. The number of halogens is 2. The second-order valence-corrected chi connectivity index (χ2v) is 6.26. The monoisotopic (exact) mass is 346 g/mol. The predicted octanol–water partition coefficient (Wildman–Crippen LogP) is 2.24. The summed E-state index contributed by atoms with van der Waals surface area (Å²) in [5.41, 5.74) is 0.250. The van der Waals surface area contributed by atoms with Crippen LogP contribution in [0.5, 0.6) is 0 Å². The van der Waals surface area contributed by atoms with Gasteiger partial charge in [-0.25, -0.2) is 0 Å². The van der Waals surface area contributed by atoms with Crippen LogP contribution in [0.1, 0.15) is 31.1 Å². The molecule has 1 rings (SSSR count). The van der Waals surface area contributed by atoms with E-state index in [0.29, 0.717) is 5.02 Å². The van der Waals surface area contributed by atoms with Gasteiger partial charge in [0.05, 0.1) is 16.7 Å². The first kappa shape index (κ1) is 18.7. The van der Waals surface area contributed by atoms with Gasteiger partial charge in [0.1, 0.15) is 6.04 Å². The van der Waals surface area contributed by atoms with Crippen LogP contribution in [0.4, 0.5) is 0 Å². The summed E-state index contributed by atoms with van der Waals surface area (Å²) < 4.78 is 0. The molecule has 0 aliphatic carbocycles. The summed E-state index contributed by atoms with van der Waals surface area (Å²) in [6.45, 7) is 5.32. The summed E-state index contributed by atoms with van der Waals surface area (Å²) in [6, 6.07) is 3.80. The van der Waals surface area contributed by atoms with Crippen LogP contribution >= 0.6 is 23.2 Å². The molecule has 5 nitrogen and oxygen atoms in total. The molecular weight excluding hydrogens is 327 g/mol. The lowest BCUT2D eigenvalue weighted by Crippen LogP contribution is -2.50. The summed E-state index contributed by atoms with van der Waals surface area (Å²) in [4.78, 5) is 24.4. The van der Waals surface area contributed by atoms with Gasteiger partial charge >= 0.3 is 0 Å². The van der Waals surface area contributed by atoms with Crippen LogP contribution in [0.25, 0.3) is 0 Å². The Kier molecular flexibility index (Phi) is 7.13. The molecule has 2 atom stereocenters. The van der Waals surface area contributed by atoms with Gasteiger partial charge in [0.2, 0.25) is 5.91 Å². The van der Waals surface area contributed by atoms with E-state index in [9.17, 15) is 14.7 Å². The zero-order valence-corrected chi connectivity index (χ0v) is 14.2. The quantitative estimate of drug-likeness (QED) is 0.739. The maximum atomic E-state index is 12.3. The minimum Gasteiger partial charge on any atom is -0.392 e. The summed E-state index contributed by atoms with van der Waals surface area (Å²) in [5, 5.41) is 15.1. The zero-order valence-electron chi connectivity index (χ0n) is 12.7. The highest BCUT2D eigenvalue weighted by Gasteiger charge is 2.25. The van der Waals surface area contributed by atoms with Gasteiger partial charge in [0.15, 0.2) is 0 Å². The topological polar surface area (TPSA) is 78.4 Å². The molecule has 0 saturated heterocycles. The Balaban J connectivity index is 2.82. The number of carbonyl (C=O) groups is 2. The fourth-order valence-electron chi connectivity index (χ4n) is 1.79. The first-order valence-electron chi connectivity index (χ1n) is 6.94. The third kappa shape index (κ3) is 5.48. The average Bonchev–Trinajstić information content (AvgIpc) is 2.41. The van der Waals surface area contributed by atoms with Crippen molar-refractivity contribution in [1.29, 1.82) is 0 Å². The SMILES string of the molecule is CC(C)C(NC(=O)c1ccc(Cl)cc1Cl)C(=O)NC[C@@H](C)O. The second kappa shape index (κ2) is 8.36. The van der Waals surface area contributed by atoms with Crippen LogP contribution in [0.2, 0.25) is 10.0 Å². The van der Waals surface area contributed by atoms with E-state index in [1.54, 1.807) is 13.0 Å². The molecule has 122 valence electrons. The van der Waals surface area contributed by atoms with Crippen LogP contribution in [0.15, 0.2) is 18.2 Å². The second-order valence-electron chi connectivity index (χ2n) is 5.41. The molecule has 1 aromatic rings. The number of carbonyl (C=O) groups excluding carboxylic acids is 2. The first-order valence-corrected chi connectivity index (χ1v) is 7.69. The average molecular weight is 347 g/mol. The van der Waals surface area contributed by atoms with E-state index in [1.165, 1.54) is 12.1 Å². The zero-order chi connectivity index (χ0) is 16.9. The highest BCUT2D eigenvalue weighted by atomic mass is 35.5. The molecule has 0 radical (unpaired) electrons. The third-order valence-electron chi connectivity index (χ3n) is 2.98. The molecule has 0 saturated carbocycles. The lowest BCUT2D eigenvalue weighted by atomic mass is 10.0. The van der Waals surface area contributed by atoms with Gasteiger partial charge in [0.25, 0.3) is 5.91 Å². The standard InChI is InChI=1S/C15H20Cl2N2O3/c1-8(2)13(15(22)18-7-9(3)20)19-14(21)11-5-4-10(16)6-12(11)17/h4-6,8-9,13,20H,7H2,1-3H3,(H,18,22)(H,19,21)/t9-,13?/m1/s1. The highest BCUT2D eigenvalue weighted by molar-refractivity contribution is 6.36. The number of aliphatic hydroxyl groups is 1. The fourth-order valence-corrected chi connectivity index (χ4v) is 2.28. The number of hydrogen-bond acceptors (Lipinski definition) is 3. The number of nitrogens with one attached hydrogen (secondary N) is 2. The van der Waals surface area contributed by atoms with Crippen LogP contribution < -0.4 is 10.6 Å². The first-order chi connectivity index (χ1) is 10.2. The van der Waals surface area contributed by atoms with Crippen molar-refractivity contribution in [3.05, 3.63) is 33.8 Å². The summed E-state index contributed by atoms with van der Waals surface area (Å²) in [5.74, 6) is -0.925. The molecule has 0 aliphatic rings. The molecule has 0 fully saturated rings. The summed E-state index contributed by atoms with van der Waals surface area (Å²) in [6.07, 6.45) is -0.654. The molecule has 0 bridgehead atoms. The third-order valence-corrected chi connectivity index (χ3v) is 3.53. The minimum absolute atomic E-state index is 0.121. The van der Waals surface area contributed by atoms with Crippen molar-refractivity contribution >= 4 is 35.0 Å². The fraction of sp³-hybridized carbons (Fsp3) is 0.467. The number of rotatable bonds is 6. The van der Waals surface area contributed by atoms with Crippen molar-refractivity contribution in [2.24, 2.45) is 5.92 Å². The number of aliphatic hydroxyl groups excluding tert-OH is 1. The predicted molar refractivity (Wildman–Crippen MR) is 87.2 cm³/mol. The molecule has 0 heterocycles. The van der Waals surface area contributed by atoms with E-state index >= 15 is 0 Å². The molecule has 1 unspecified atom stereocenters. The molecular formula is C15H20Cl2N2O3. The summed E-state index contributed by atoms with van der Waals surface area (Å²) >= 11 is 11.8. The van der Waals surface area contributed by atoms with Crippen LogP contribution in [0, 0.1) is 5.92 Å². The van der Waals surface area contributed by atoms with E-state index in [4.69, 9.17) is 23.2 Å². The largest absolute Gasteiger partial charge is 0.392 e. The van der Waals surface area contributed by atoms with Gasteiger partial charge in [-0.2, -0.15) is 0 Å². The Morgan fingerprint density at radius 2 is 1.86 bits per heavy atom. The van der Waals surface area contributed by atoms with Gasteiger partial charge < -0.3 is 15.7 Å². The van der Waals surface area contributed by atoms with Crippen molar-refractivity contribution in [3.8, 4) is 0 Å². The van der Waals surface area contributed by atoms with Crippen molar-refractivity contribution in [3.63, 3.8) is 0 Å². The van der Waals surface area contributed by atoms with Gasteiger partial charge in [-0.1, -0.05) is 37.0 Å². The van der Waals surface area contributed by atoms with Crippen LogP contribution in [-0.2, 0) is 4.79 Å². The van der Waals surface area contributed by atoms with Crippen molar-refractivity contribution in [2.45, 2.75) is 32.9 Å². The number of hydrogen-bond donors (Lipinski definition) is 3. The number of benzene rings is 1. The Bertz CT molecular complexity index is 548. The van der Waals surface area contributed by atoms with Gasteiger partial charge in [-0.05, 0) is 31.0 Å². The maximum Gasteiger partial charge on any atom is 0.253 e. The molecule has 7 heteroatoms. The van der Waals surface area contributed by atoms with Crippen molar-refractivity contribution in [1.82, 2.24) is 10.6 Å². The van der Waals surface area contributed by atoms with Crippen molar-refractivity contribution < 1.29 is 14.7 Å². The molecule has 22 heavy (non-hydrogen) atoms. The van der Waals surface area contributed by atoms with Crippen LogP contribution in [-0.4, -0.2) is 35.6 Å². The Labute approximate surface area is 140 Å². The lowest BCUT2D eigenvalue weighted by Gasteiger charge is -2.22. The van der Waals surface area contributed by atoms with Gasteiger partial charge in [0, 0.05) is 11.6 Å². The Morgan fingerprint density at radius 1 is 1.23 bits per heavy atom. The van der Waals surface area contributed by atoms with E-state index in [1.807, 2.05) is 13.8 Å². The van der Waals surface area contributed by atoms with E-state index < -0.39 is 18.1 Å². The Hall–Kier alpha value is -1.30. The molecule has 1 aromatic carbocycles. The number of amides is 2. The smallest absolute Gasteiger partial charge is 0.253 e. The summed E-state index contributed by atoms with van der Waals surface area (Å²) in [7, 11) is 0. The van der Waals surface area contributed by atoms with Crippen LogP contribution in [0.3, 0.4) is 0 Å². The highest BCUT2D eigenvalue weighted by Crippen LogP contribution is 2.21.